The molecule has 0 saturated carbocycles. The second-order valence-electron chi connectivity index (χ2n) is 6.67. The molecular formula is C18H22N2O3S. The summed E-state index contributed by atoms with van der Waals surface area (Å²) in [4.78, 5) is 12.3. The quantitative estimate of drug-likeness (QED) is 0.884. The number of hydrogen-bond donors (Lipinski definition) is 2. The number of sulfonamides is 1. The fourth-order valence-electron chi connectivity index (χ4n) is 1.91. The van der Waals surface area contributed by atoms with Gasteiger partial charge in [0.15, 0.2) is 0 Å². The van der Waals surface area contributed by atoms with Crippen LogP contribution in [0, 0.1) is 12.3 Å². The Balaban J connectivity index is 2.30. The maximum atomic E-state index is 12.5. The Hall–Kier alpha value is -2.34. The van der Waals surface area contributed by atoms with Gasteiger partial charge in [-0.1, -0.05) is 50.6 Å². The third-order valence-electron chi connectivity index (χ3n) is 3.43. The summed E-state index contributed by atoms with van der Waals surface area (Å²) >= 11 is 0. The average molecular weight is 346 g/mol. The molecule has 6 heteroatoms. The molecule has 0 saturated heterocycles. The number of para-hydroxylation sites is 2. The molecule has 1 amide bonds. The number of carbonyl (C=O) groups excluding carboxylic acids is 1. The molecule has 0 aliphatic carbocycles. The average Bonchev–Trinajstić information content (AvgIpc) is 2.48. The molecule has 0 aliphatic heterocycles. The normalized spacial score (nSPS) is 11.8. The van der Waals surface area contributed by atoms with Gasteiger partial charge >= 0.3 is 0 Å². The second kappa shape index (κ2) is 6.65. The van der Waals surface area contributed by atoms with Crippen LogP contribution in [-0.4, -0.2) is 14.3 Å². The van der Waals surface area contributed by atoms with Crippen molar-refractivity contribution in [2.75, 3.05) is 10.0 Å². The molecule has 5 nitrogen and oxygen atoms in total. The van der Waals surface area contributed by atoms with E-state index in [2.05, 4.69) is 10.0 Å². The molecule has 0 bridgehead atoms. The lowest BCUT2D eigenvalue weighted by molar-refractivity contribution is -0.123. The van der Waals surface area contributed by atoms with Gasteiger partial charge in [-0.25, -0.2) is 8.42 Å². The van der Waals surface area contributed by atoms with Crippen molar-refractivity contribution in [2.24, 2.45) is 5.41 Å². The summed E-state index contributed by atoms with van der Waals surface area (Å²) in [5, 5.41) is 2.77. The Morgan fingerprint density at radius 3 is 2.00 bits per heavy atom. The highest BCUT2D eigenvalue weighted by atomic mass is 32.2. The van der Waals surface area contributed by atoms with E-state index in [0.29, 0.717) is 11.4 Å². The number of carbonyl (C=O) groups is 1. The summed E-state index contributed by atoms with van der Waals surface area (Å²) in [5.41, 5.74) is 1.15. The van der Waals surface area contributed by atoms with Crippen LogP contribution in [-0.2, 0) is 14.8 Å². The molecular weight excluding hydrogens is 324 g/mol. The molecule has 0 spiro atoms. The lowest BCUT2D eigenvalue weighted by Gasteiger charge is -2.19. The largest absolute Gasteiger partial charge is 0.324 e. The van der Waals surface area contributed by atoms with Gasteiger partial charge in [0.05, 0.1) is 16.3 Å². The van der Waals surface area contributed by atoms with Crippen LogP contribution >= 0.6 is 0 Å². The SMILES string of the molecule is Cc1ccc(S(=O)(=O)Nc2ccccc2NC(=O)C(C)(C)C)cc1. The fraction of sp³-hybridized carbons (Fsp3) is 0.278. The Bertz CT molecular complexity index is 835. The minimum Gasteiger partial charge on any atom is -0.324 e. The lowest BCUT2D eigenvalue weighted by atomic mass is 9.95. The van der Waals surface area contributed by atoms with Crippen molar-refractivity contribution < 1.29 is 13.2 Å². The maximum absolute atomic E-state index is 12.5. The van der Waals surface area contributed by atoms with Crippen LogP contribution in [0.25, 0.3) is 0 Å². The first-order valence-electron chi connectivity index (χ1n) is 7.59. The van der Waals surface area contributed by atoms with E-state index in [9.17, 15) is 13.2 Å². The molecule has 0 radical (unpaired) electrons. The van der Waals surface area contributed by atoms with E-state index in [0.717, 1.165) is 5.56 Å². The zero-order valence-electron chi connectivity index (χ0n) is 14.3. The van der Waals surface area contributed by atoms with Gasteiger partial charge in [-0.15, -0.1) is 0 Å². The number of anilines is 2. The Morgan fingerprint density at radius 1 is 0.917 bits per heavy atom. The molecule has 128 valence electrons. The van der Waals surface area contributed by atoms with E-state index in [1.54, 1.807) is 69.3 Å². The van der Waals surface area contributed by atoms with Crippen molar-refractivity contribution in [1.82, 2.24) is 0 Å². The van der Waals surface area contributed by atoms with Gasteiger partial charge < -0.3 is 5.32 Å². The zero-order valence-corrected chi connectivity index (χ0v) is 15.1. The summed E-state index contributed by atoms with van der Waals surface area (Å²) in [7, 11) is -3.73. The molecule has 2 rings (SSSR count). The van der Waals surface area contributed by atoms with Crippen LogP contribution < -0.4 is 10.0 Å². The van der Waals surface area contributed by atoms with Gasteiger partial charge in [0.25, 0.3) is 10.0 Å². The Morgan fingerprint density at radius 2 is 1.46 bits per heavy atom. The number of amides is 1. The van der Waals surface area contributed by atoms with E-state index < -0.39 is 15.4 Å². The molecule has 0 aromatic heterocycles. The van der Waals surface area contributed by atoms with E-state index in [-0.39, 0.29) is 10.8 Å². The predicted molar refractivity (Wildman–Crippen MR) is 96.5 cm³/mol. The van der Waals surface area contributed by atoms with E-state index in [4.69, 9.17) is 0 Å². The lowest BCUT2D eigenvalue weighted by Crippen LogP contribution is -2.28. The molecule has 0 fully saturated rings. The fourth-order valence-corrected chi connectivity index (χ4v) is 2.99. The predicted octanol–water partition coefficient (Wildman–Crippen LogP) is 3.78. The van der Waals surface area contributed by atoms with Crippen LogP contribution in [0.5, 0.6) is 0 Å². The van der Waals surface area contributed by atoms with Crippen LogP contribution in [0.15, 0.2) is 53.4 Å². The van der Waals surface area contributed by atoms with Gasteiger partial charge in [-0.2, -0.15) is 0 Å². The molecule has 0 aliphatic rings. The zero-order chi connectivity index (χ0) is 18.0. The molecule has 2 N–H and O–H groups in total. The Labute approximate surface area is 143 Å². The third-order valence-corrected chi connectivity index (χ3v) is 4.81. The molecule has 2 aromatic carbocycles. The first-order chi connectivity index (χ1) is 11.1. The van der Waals surface area contributed by atoms with Crippen molar-refractivity contribution in [3.8, 4) is 0 Å². The van der Waals surface area contributed by atoms with Crippen LogP contribution in [0.1, 0.15) is 26.3 Å². The molecule has 0 heterocycles. The van der Waals surface area contributed by atoms with E-state index in [1.807, 2.05) is 6.92 Å². The topological polar surface area (TPSA) is 75.3 Å². The van der Waals surface area contributed by atoms with Crippen LogP contribution in [0.4, 0.5) is 11.4 Å². The minimum atomic E-state index is -3.73. The first-order valence-corrected chi connectivity index (χ1v) is 9.08. The van der Waals surface area contributed by atoms with E-state index >= 15 is 0 Å². The van der Waals surface area contributed by atoms with Crippen LogP contribution in [0.2, 0.25) is 0 Å². The van der Waals surface area contributed by atoms with Crippen molar-refractivity contribution in [3.63, 3.8) is 0 Å². The second-order valence-corrected chi connectivity index (χ2v) is 8.35. The van der Waals surface area contributed by atoms with Crippen LogP contribution in [0.3, 0.4) is 0 Å². The highest BCUT2D eigenvalue weighted by molar-refractivity contribution is 7.92. The molecule has 0 unspecified atom stereocenters. The minimum absolute atomic E-state index is 0.171. The number of aryl methyl sites for hydroxylation is 1. The number of hydrogen-bond acceptors (Lipinski definition) is 3. The van der Waals surface area contributed by atoms with Gasteiger partial charge in [0.1, 0.15) is 0 Å². The third kappa shape index (κ3) is 4.35. The summed E-state index contributed by atoms with van der Waals surface area (Å²) < 4.78 is 27.6. The van der Waals surface area contributed by atoms with Gasteiger partial charge in [0.2, 0.25) is 5.91 Å². The monoisotopic (exact) mass is 346 g/mol. The summed E-state index contributed by atoms with van der Waals surface area (Å²) in [6, 6.07) is 13.3. The smallest absolute Gasteiger partial charge is 0.261 e. The molecule has 0 atom stereocenters. The standard InChI is InChI=1S/C18H22N2O3S/c1-13-9-11-14(12-10-13)24(22,23)20-16-8-6-5-7-15(16)19-17(21)18(2,3)4/h5-12,20H,1-4H3,(H,19,21). The Kier molecular flexibility index (Phi) is 4.99. The summed E-state index contributed by atoms with van der Waals surface area (Å²) in [6.07, 6.45) is 0. The summed E-state index contributed by atoms with van der Waals surface area (Å²) in [6.45, 7) is 7.27. The van der Waals surface area contributed by atoms with Gasteiger partial charge in [-0.3, -0.25) is 9.52 Å². The highest BCUT2D eigenvalue weighted by Gasteiger charge is 2.23. The molecule has 2 aromatic rings. The van der Waals surface area contributed by atoms with Gasteiger partial charge in [-0.05, 0) is 31.2 Å². The molecule has 24 heavy (non-hydrogen) atoms. The number of nitrogens with one attached hydrogen (secondary N) is 2. The summed E-state index contributed by atoms with van der Waals surface area (Å²) in [5.74, 6) is -0.190. The number of rotatable bonds is 4. The van der Waals surface area contributed by atoms with E-state index in [1.165, 1.54) is 0 Å². The first kappa shape index (κ1) is 18.0. The van der Waals surface area contributed by atoms with Crippen molar-refractivity contribution in [1.29, 1.82) is 0 Å². The van der Waals surface area contributed by atoms with Crippen molar-refractivity contribution in [3.05, 3.63) is 54.1 Å². The van der Waals surface area contributed by atoms with Gasteiger partial charge in [0, 0.05) is 5.41 Å². The van der Waals surface area contributed by atoms with Crippen molar-refractivity contribution in [2.45, 2.75) is 32.6 Å². The maximum Gasteiger partial charge on any atom is 0.261 e. The highest BCUT2D eigenvalue weighted by Crippen LogP contribution is 2.26. The van der Waals surface area contributed by atoms with Crippen molar-refractivity contribution >= 4 is 27.3 Å². The number of benzene rings is 2.